The van der Waals surface area contributed by atoms with Gasteiger partial charge in [0.2, 0.25) is 0 Å². The second-order valence-electron chi connectivity index (χ2n) is 4.55. The van der Waals surface area contributed by atoms with Crippen molar-refractivity contribution in [3.05, 3.63) is 70.0 Å². The molecule has 3 rings (SSSR count). The maximum atomic E-state index is 12.3. The summed E-state index contributed by atoms with van der Waals surface area (Å²) in [5.41, 5.74) is 2.76. The van der Waals surface area contributed by atoms with E-state index in [1.165, 1.54) is 10.2 Å². The van der Waals surface area contributed by atoms with E-state index < -0.39 is 0 Å². The lowest BCUT2D eigenvalue weighted by Gasteiger charge is -2.05. The Bertz CT molecular complexity index is 775. The zero-order chi connectivity index (χ0) is 13.2. The van der Waals surface area contributed by atoms with Crippen molar-refractivity contribution in [1.29, 1.82) is 0 Å². The third kappa shape index (κ3) is 2.25. The lowest BCUT2D eigenvalue weighted by atomic mass is 10.1. The molecule has 0 radical (unpaired) electrons. The molecular weight excluding hydrogens is 238 g/mol. The molecule has 0 N–H and O–H groups in total. The molecule has 4 nitrogen and oxygen atoms in total. The summed E-state index contributed by atoms with van der Waals surface area (Å²) in [5.74, 6) is 0. The molecule has 0 bridgehead atoms. The summed E-state index contributed by atoms with van der Waals surface area (Å²) in [7, 11) is 0. The van der Waals surface area contributed by atoms with Crippen molar-refractivity contribution in [3.8, 4) is 0 Å². The van der Waals surface area contributed by atoms with Gasteiger partial charge in [-0.3, -0.25) is 4.79 Å². The van der Waals surface area contributed by atoms with Gasteiger partial charge in [0.25, 0.3) is 5.56 Å². The fourth-order valence-electron chi connectivity index (χ4n) is 1.99. The van der Waals surface area contributed by atoms with Gasteiger partial charge in [-0.25, -0.2) is 4.68 Å². The highest BCUT2D eigenvalue weighted by molar-refractivity contribution is 5.76. The lowest BCUT2D eigenvalue weighted by Crippen LogP contribution is -2.24. The molecule has 0 amide bonds. The van der Waals surface area contributed by atoms with E-state index in [0.29, 0.717) is 17.4 Å². The molecule has 0 saturated carbocycles. The second kappa shape index (κ2) is 4.65. The maximum Gasteiger partial charge on any atom is 0.277 e. The Hall–Kier alpha value is -2.49. The minimum absolute atomic E-state index is 0.105. The lowest BCUT2D eigenvalue weighted by molar-refractivity contribution is 0.600. The summed E-state index contributed by atoms with van der Waals surface area (Å²) >= 11 is 0. The molecule has 0 unspecified atom stereocenters. The standard InChI is InChI=1S/C15H13N3O/c1-11-6-8-12(9-7-11)10-18-15(19)13-4-2-3-5-14(13)16-17-18/h2-9H,10H2,1H3. The summed E-state index contributed by atoms with van der Waals surface area (Å²) < 4.78 is 1.40. The molecule has 0 aliphatic heterocycles. The van der Waals surface area contributed by atoms with Gasteiger partial charge in [-0.2, -0.15) is 0 Å². The van der Waals surface area contributed by atoms with Crippen molar-refractivity contribution >= 4 is 10.9 Å². The number of nitrogens with zero attached hydrogens (tertiary/aromatic N) is 3. The second-order valence-corrected chi connectivity index (χ2v) is 4.55. The Morgan fingerprint density at radius 3 is 2.58 bits per heavy atom. The first-order chi connectivity index (χ1) is 9.24. The first-order valence-corrected chi connectivity index (χ1v) is 6.12. The Morgan fingerprint density at radius 1 is 1.05 bits per heavy atom. The maximum absolute atomic E-state index is 12.3. The quantitative estimate of drug-likeness (QED) is 0.701. The molecule has 0 aliphatic carbocycles. The van der Waals surface area contributed by atoms with Crippen LogP contribution >= 0.6 is 0 Å². The molecule has 2 aromatic carbocycles. The Labute approximate surface area is 110 Å². The molecule has 19 heavy (non-hydrogen) atoms. The average Bonchev–Trinajstić information content (AvgIpc) is 2.45. The van der Waals surface area contributed by atoms with Crippen molar-refractivity contribution in [1.82, 2.24) is 15.0 Å². The molecular formula is C15H13N3O. The van der Waals surface area contributed by atoms with E-state index in [4.69, 9.17) is 0 Å². The number of benzene rings is 2. The van der Waals surface area contributed by atoms with Crippen LogP contribution in [-0.4, -0.2) is 15.0 Å². The minimum atomic E-state index is -0.105. The van der Waals surface area contributed by atoms with E-state index >= 15 is 0 Å². The van der Waals surface area contributed by atoms with Crippen molar-refractivity contribution < 1.29 is 0 Å². The Morgan fingerprint density at radius 2 is 1.79 bits per heavy atom. The van der Waals surface area contributed by atoms with Gasteiger partial charge in [0.15, 0.2) is 0 Å². The first kappa shape index (κ1) is 11.6. The fraction of sp³-hybridized carbons (Fsp3) is 0.133. The molecule has 0 atom stereocenters. The average molecular weight is 251 g/mol. The third-order valence-electron chi connectivity index (χ3n) is 3.08. The Kier molecular flexibility index (Phi) is 2.83. The van der Waals surface area contributed by atoms with E-state index in [-0.39, 0.29) is 5.56 Å². The normalized spacial score (nSPS) is 10.8. The topological polar surface area (TPSA) is 47.8 Å². The summed E-state index contributed by atoms with van der Waals surface area (Å²) in [6.07, 6.45) is 0. The number of rotatable bonds is 2. The van der Waals surface area contributed by atoms with Crippen molar-refractivity contribution in [2.45, 2.75) is 13.5 Å². The van der Waals surface area contributed by atoms with Gasteiger partial charge in [0.1, 0.15) is 5.52 Å². The van der Waals surface area contributed by atoms with E-state index in [1.807, 2.05) is 43.3 Å². The molecule has 0 spiro atoms. The predicted octanol–water partition coefficient (Wildman–Crippen LogP) is 2.15. The van der Waals surface area contributed by atoms with Crippen molar-refractivity contribution in [3.63, 3.8) is 0 Å². The van der Waals surface area contributed by atoms with Gasteiger partial charge in [-0.05, 0) is 24.6 Å². The SMILES string of the molecule is Cc1ccc(Cn2nnc3ccccc3c2=O)cc1. The van der Waals surface area contributed by atoms with Gasteiger partial charge in [-0.15, -0.1) is 5.10 Å². The number of fused-ring (bicyclic) bond motifs is 1. The monoisotopic (exact) mass is 251 g/mol. The summed E-state index contributed by atoms with van der Waals surface area (Å²) in [4.78, 5) is 12.3. The van der Waals surface area contributed by atoms with Crippen molar-refractivity contribution in [2.75, 3.05) is 0 Å². The molecule has 4 heteroatoms. The van der Waals surface area contributed by atoms with E-state index in [0.717, 1.165) is 5.56 Å². The van der Waals surface area contributed by atoms with E-state index in [9.17, 15) is 4.79 Å². The first-order valence-electron chi connectivity index (χ1n) is 6.12. The molecule has 1 heterocycles. The van der Waals surface area contributed by atoms with Gasteiger partial charge in [0, 0.05) is 0 Å². The van der Waals surface area contributed by atoms with Gasteiger partial charge < -0.3 is 0 Å². The predicted molar refractivity (Wildman–Crippen MR) is 74.1 cm³/mol. The molecule has 94 valence electrons. The van der Waals surface area contributed by atoms with Crippen LogP contribution in [0.1, 0.15) is 11.1 Å². The zero-order valence-electron chi connectivity index (χ0n) is 10.6. The van der Waals surface area contributed by atoms with Crippen LogP contribution in [0.4, 0.5) is 0 Å². The molecule has 1 aromatic heterocycles. The molecule has 0 saturated heterocycles. The van der Waals surface area contributed by atoms with Crippen LogP contribution in [0.15, 0.2) is 53.3 Å². The fourth-order valence-corrected chi connectivity index (χ4v) is 1.99. The van der Waals surface area contributed by atoms with Crippen LogP contribution in [0.2, 0.25) is 0 Å². The van der Waals surface area contributed by atoms with Crippen LogP contribution < -0.4 is 5.56 Å². The molecule has 0 fully saturated rings. The van der Waals surface area contributed by atoms with Gasteiger partial charge in [0.05, 0.1) is 11.9 Å². The van der Waals surface area contributed by atoms with Crippen LogP contribution in [0.3, 0.4) is 0 Å². The highest BCUT2D eigenvalue weighted by atomic mass is 16.1. The molecule has 0 aliphatic rings. The Balaban J connectivity index is 2.04. The van der Waals surface area contributed by atoms with Gasteiger partial charge >= 0.3 is 0 Å². The number of aromatic nitrogens is 3. The highest BCUT2D eigenvalue weighted by Gasteiger charge is 2.05. The smallest absolute Gasteiger partial charge is 0.267 e. The largest absolute Gasteiger partial charge is 0.277 e. The zero-order valence-corrected chi connectivity index (χ0v) is 10.6. The molecule has 3 aromatic rings. The summed E-state index contributed by atoms with van der Waals surface area (Å²) in [5, 5.41) is 8.65. The highest BCUT2D eigenvalue weighted by Crippen LogP contribution is 2.06. The number of hydrogen-bond acceptors (Lipinski definition) is 3. The summed E-state index contributed by atoms with van der Waals surface area (Å²) in [6, 6.07) is 15.3. The van der Waals surface area contributed by atoms with Crippen LogP contribution in [-0.2, 0) is 6.54 Å². The van der Waals surface area contributed by atoms with Gasteiger partial charge in [-0.1, -0.05) is 47.2 Å². The third-order valence-corrected chi connectivity index (χ3v) is 3.08. The van der Waals surface area contributed by atoms with Crippen LogP contribution in [0.5, 0.6) is 0 Å². The minimum Gasteiger partial charge on any atom is -0.267 e. The summed E-state index contributed by atoms with van der Waals surface area (Å²) in [6.45, 7) is 2.47. The van der Waals surface area contributed by atoms with Crippen LogP contribution in [0.25, 0.3) is 10.9 Å². The number of hydrogen-bond donors (Lipinski definition) is 0. The van der Waals surface area contributed by atoms with E-state index in [1.54, 1.807) is 12.1 Å². The van der Waals surface area contributed by atoms with Crippen molar-refractivity contribution in [2.24, 2.45) is 0 Å². The van der Waals surface area contributed by atoms with E-state index in [2.05, 4.69) is 10.3 Å². The number of aryl methyl sites for hydroxylation is 1. The van der Waals surface area contributed by atoms with Crippen LogP contribution in [0, 0.1) is 6.92 Å².